The van der Waals surface area contributed by atoms with Gasteiger partial charge in [0.15, 0.2) is 17.0 Å². The minimum atomic E-state index is -0.242. The van der Waals surface area contributed by atoms with Crippen molar-refractivity contribution in [2.75, 3.05) is 0 Å². The molecule has 0 aliphatic carbocycles. The van der Waals surface area contributed by atoms with Gasteiger partial charge in [-0.2, -0.15) is 0 Å². The fourth-order valence-electron chi connectivity index (χ4n) is 2.37. The van der Waals surface area contributed by atoms with E-state index in [2.05, 4.69) is 19.9 Å². The first-order valence-corrected chi connectivity index (χ1v) is 6.70. The van der Waals surface area contributed by atoms with E-state index in [1.54, 1.807) is 46.3 Å². The average molecular weight is 294 g/mol. The van der Waals surface area contributed by atoms with E-state index in [-0.39, 0.29) is 5.82 Å². The van der Waals surface area contributed by atoms with Crippen molar-refractivity contribution in [3.8, 4) is 5.82 Å². The molecule has 0 N–H and O–H groups in total. The molecule has 4 aromatic rings. The molecule has 0 saturated heterocycles. The highest BCUT2D eigenvalue weighted by molar-refractivity contribution is 5.78. The molecule has 4 rings (SSSR count). The number of nitrogens with zero attached hydrogens (tertiary/aromatic N) is 6. The van der Waals surface area contributed by atoms with E-state index in [9.17, 15) is 4.39 Å². The number of imidazole rings is 2. The summed E-state index contributed by atoms with van der Waals surface area (Å²) in [7, 11) is 0. The normalized spacial score (nSPS) is 11.1. The number of aromatic nitrogens is 6. The molecule has 6 nitrogen and oxygen atoms in total. The van der Waals surface area contributed by atoms with Crippen molar-refractivity contribution in [1.82, 2.24) is 29.1 Å². The van der Waals surface area contributed by atoms with Gasteiger partial charge in [0.05, 0.1) is 12.9 Å². The number of benzene rings is 1. The van der Waals surface area contributed by atoms with Gasteiger partial charge in [-0.25, -0.2) is 24.3 Å². The fraction of sp³-hybridized carbons (Fsp3) is 0.0667. The molecule has 0 aliphatic heterocycles. The minimum Gasteiger partial charge on any atom is -0.311 e. The molecule has 3 heterocycles. The third kappa shape index (κ3) is 2.03. The molecule has 1 aromatic carbocycles. The first-order chi connectivity index (χ1) is 10.8. The Kier molecular flexibility index (Phi) is 2.89. The first kappa shape index (κ1) is 12.6. The third-order valence-corrected chi connectivity index (χ3v) is 3.43. The van der Waals surface area contributed by atoms with Crippen LogP contribution in [0.3, 0.4) is 0 Å². The van der Waals surface area contributed by atoms with Crippen LogP contribution in [-0.4, -0.2) is 29.1 Å². The highest BCUT2D eigenvalue weighted by Crippen LogP contribution is 2.18. The monoisotopic (exact) mass is 294 g/mol. The molecular weight excluding hydrogens is 283 g/mol. The maximum Gasteiger partial charge on any atom is 0.169 e. The van der Waals surface area contributed by atoms with Crippen LogP contribution < -0.4 is 0 Å². The SMILES string of the molecule is Fc1ccccc1Cn1cnc2c(-n3ccnc3)ncnc21. The van der Waals surface area contributed by atoms with Crippen LogP contribution in [0.2, 0.25) is 0 Å². The van der Waals surface area contributed by atoms with Crippen molar-refractivity contribution < 1.29 is 4.39 Å². The predicted octanol–water partition coefficient (Wildman–Crippen LogP) is 2.20. The third-order valence-electron chi connectivity index (χ3n) is 3.43. The van der Waals surface area contributed by atoms with Crippen LogP contribution in [0, 0.1) is 5.82 Å². The second-order valence-electron chi connectivity index (χ2n) is 4.80. The van der Waals surface area contributed by atoms with Gasteiger partial charge in [-0.05, 0) is 6.07 Å². The van der Waals surface area contributed by atoms with Crippen LogP contribution in [0.1, 0.15) is 5.56 Å². The lowest BCUT2D eigenvalue weighted by molar-refractivity contribution is 0.601. The number of fused-ring (bicyclic) bond motifs is 1. The van der Waals surface area contributed by atoms with Crippen LogP contribution in [-0.2, 0) is 6.54 Å². The summed E-state index contributed by atoms with van der Waals surface area (Å²) in [5.74, 6) is 0.406. The average Bonchev–Trinajstić information content (AvgIpc) is 3.19. The Hall–Kier alpha value is -3.09. The van der Waals surface area contributed by atoms with Crippen LogP contribution in [0.5, 0.6) is 0 Å². The quantitative estimate of drug-likeness (QED) is 0.581. The maximum absolute atomic E-state index is 13.8. The summed E-state index contributed by atoms with van der Waals surface area (Å²) in [6.45, 7) is 0.365. The van der Waals surface area contributed by atoms with Crippen molar-refractivity contribution in [2.24, 2.45) is 0 Å². The summed E-state index contributed by atoms with van der Waals surface area (Å²) in [5, 5.41) is 0. The van der Waals surface area contributed by atoms with Gasteiger partial charge < -0.3 is 4.57 Å². The molecule has 0 atom stereocenters. The highest BCUT2D eigenvalue weighted by Gasteiger charge is 2.12. The van der Waals surface area contributed by atoms with Crippen molar-refractivity contribution in [2.45, 2.75) is 6.54 Å². The number of hydrogen-bond acceptors (Lipinski definition) is 4. The van der Waals surface area contributed by atoms with E-state index in [0.717, 1.165) is 0 Å². The predicted molar refractivity (Wildman–Crippen MR) is 77.9 cm³/mol. The largest absolute Gasteiger partial charge is 0.311 e. The lowest BCUT2D eigenvalue weighted by Gasteiger charge is -2.06. The Labute approximate surface area is 124 Å². The van der Waals surface area contributed by atoms with Crippen LogP contribution in [0.25, 0.3) is 17.0 Å². The summed E-state index contributed by atoms with van der Waals surface area (Å²) >= 11 is 0. The molecule has 0 amide bonds. The number of halogens is 1. The first-order valence-electron chi connectivity index (χ1n) is 6.70. The van der Waals surface area contributed by atoms with Gasteiger partial charge in [-0.1, -0.05) is 18.2 Å². The lowest BCUT2D eigenvalue weighted by Crippen LogP contribution is -2.03. The van der Waals surface area contributed by atoms with Gasteiger partial charge in [0.2, 0.25) is 0 Å². The Morgan fingerprint density at radius 1 is 1.05 bits per heavy atom. The molecule has 7 heteroatoms. The van der Waals surface area contributed by atoms with Gasteiger partial charge in [0, 0.05) is 18.0 Å². The lowest BCUT2D eigenvalue weighted by atomic mass is 10.2. The summed E-state index contributed by atoms with van der Waals surface area (Å²) in [6.07, 6.45) is 8.23. The smallest absolute Gasteiger partial charge is 0.169 e. The number of rotatable bonds is 3. The van der Waals surface area contributed by atoms with E-state index in [0.29, 0.717) is 29.1 Å². The standard InChI is InChI=1S/C15H11FN6/c16-12-4-2-1-3-11(12)7-22-10-20-13-14(18-8-19-15(13)22)21-6-5-17-9-21/h1-6,8-10H,7H2. The van der Waals surface area contributed by atoms with E-state index in [1.807, 2.05) is 6.07 Å². The van der Waals surface area contributed by atoms with Crippen LogP contribution in [0.4, 0.5) is 4.39 Å². The van der Waals surface area contributed by atoms with Crippen molar-refractivity contribution in [1.29, 1.82) is 0 Å². The zero-order valence-electron chi connectivity index (χ0n) is 11.5. The molecule has 0 aliphatic rings. The Morgan fingerprint density at radius 3 is 2.77 bits per heavy atom. The molecule has 0 saturated carbocycles. The number of hydrogen-bond donors (Lipinski definition) is 0. The second kappa shape index (κ2) is 5.03. The summed E-state index contributed by atoms with van der Waals surface area (Å²) in [5.41, 5.74) is 1.89. The molecule has 22 heavy (non-hydrogen) atoms. The Balaban J connectivity index is 1.81. The topological polar surface area (TPSA) is 61.4 Å². The van der Waals surface area contributed by atoms with Gasteiger partial charge >= 0.3 is 0 Å². The van der Waals surface area contributed by atoms with Crippen LogP contribution >= 0.6 is 0 Å². The summed E-state index contributed by atoms with van der Waals surface area (Å²) < 4.78 is 17.4. The molecule has 0 spiro atoms. The fourth-order valence-corrected chi connectivity index (χ4v) is 2.37. The van der Waals surface area contributed by atoms with Gasteiger partial charge in [0.1, 0.15) is 18.5 Å². The zero-order chi connectivity index (χ0) is 14.9. The molecule has 0 radical (unpaired) electrons. The molecule has 108 valence electrons. The van der Waals surface area contributed by atoms with Gasteiger partial charge in [0.25, 0.3) is 0 Å². The summed E-state index contributed by atoms with van der Waals surface area (Å²) in [6, 6.07) is 6.67. The van der Waals surface area contributed by atoms with E-state index in [4.69, 9.17) is 0 Å². The van der Waals surface area contributed by atoms with Crippen molar-refractivity contribution in [3.05, 3.63) is 67.0 Å². The minimum absolute atomic E-state index is 0.242. The summed E-state index contributed by atoms with van der Waals surface area (Å²) in [4.78, 5) is 16.9. The van der Waals surface area contributed by atoms with Crippen molar-refractivity contribution >= 4 is 11.2 Å². The van der Waals surface area contributed by atoms with E-state index in [1.165, 1.54) is 12.4 Å². The van der Waals surface area contributed by atoms with Gasteiger partial charge in [-0.3, -0.25) is 4.57 Å². The van der Waals surface area contributed by atoms with E-state index >= 15 is 0 Å². The Morgan fingerprint density at radius 2 is 1.95 bits per heavy atom. The second-order valence-corrected chi connectivity index (χ2v) is 4.80. The maximum atomic E-state index is 13.8. The molecule has 0 unspecified atom stereocenters. The van der Waals surface area contributed by atoms with Crippen LogP contribution in [0.15, 0.2) is 55.6 Å². The Bertz CT molecular complexity index is 928. The molecule has 0 fully saturated rings. The van der Waals surface area contributed by atoms with E-state index < -0.39 is 0 Å². The molecular formula is C15H11FN6. The molecule has 0 bridgehead atoms. The van der Waals surface area contributed by atoms with Gasteiger partial charge in [-0.15, -0.1) is 0 Å². The van der Waals surface area contributed by atoms with Crippen molar-refractivity contribution in [3.63, 3.8) is 0 Å². The highest BCUT2D eigenvalue weighted by atomic mass is 19.1. The zero-order valence-corrected chi connectivity index (χ0v) is 11.5. The molecule has 3 aromatic heterocycles.